The van der Waals surface area contributed by atoms with Gasteiger partial charge in [0.2, 0.25) is 0 Å². The van der Waals surface area contributed by atoms with Gasteiger partial charge in [0.1, 0.15) is 19.3 Å². The lowest BCUT2D eigenvalue weighted by atomic mass is 9.99. The third-order valence-corrected chi connectivity index (χ3v) is 18.0. The van der Waals surface area contributed by atoms with E-state index >= 15 is 0 Å². The summed E-state index contributed by atoms with van der Waals surface area (Å²) in [5.41, 5.74) is 0. The van der Waals surface area contributed by atoms with E-state index in [9.17, 15) is 43.2 Å². The van der Waals surface area contributed by atoms with Crippen molar-refractivity contribution in [3.8, 4) is 0 Å². The third kappa shape index (κ3) is 61.3. The molecule has 0 spiro atoms. The zero-order valence-electron chi connectivity index (χ0n) is 56.2. The van der Waals surface area contributed by atoms with Gasteiger partial charge in [-0.25, -0.2) is 9.13 Å². The summed E-state index contributed by atoms with van der Waals surface area (Å²) in [6.07, 6.45) is 47.7. The molecule has 0 saturated heterocycles. The molecule has 0 rings (SSSR count). The quantitative estimate of drug-likeness (QED) is 0.0222. The molecule has 87 heavy (non-hydrogen) atoms. The molecule has 516 valence electrons. The van der Waals surface area contributed by atoms with Crippen LogP contribution in [0.3, 0.4) is 0 Å². The van der Waals surface area contributed by atoms with Gasteiger partial charge in [0.05, 0.1) is 26.4 Å². The second-order valence-electron chi connectivity index (χ2n) is 24.8. The fourth-order valence-electron chi connectivity index (χ4n) is 10.3. The van der Waals surface area contributed by atoms with E-state index in [4.69, 9.17) is 37.0 Å². The predicted molar refractivity (Wildman–Crippen MR) is 349 cm³/mol. The Bertz CT molecular complexity index is 1690. The van der Waals surface area contributed by atoms with Crippen LogP contribution in [0.15, 0.2) is 0 Å². The van der Waals surface area contributed by atoms with Crippen LogP contribution in [0.5, 0.6) is 0 Å². The molecule has 0 aliphatic carbocycles. The lowest BCUT2D eigenvalue weighted by molar-refractivity contribution is -0.161. The van der Waals surface area contributed by atoms with Crippen molar-refractivity contribution in [3.05, 3.63) is 0 Å². The molecule has 3 unspecified atom stereocenters. The maximum atomic E-state index is 13.0. The molecule has 0 aromatic carbocycles. The molecule has 0 aromatic heterocycles. The summed E-state index contributed by atoms with van der Waals surface area (Å²) in [5.74, 6) is -1.27. The van der Waals surface area contributed by atoms with E-state index in [1.165, 1.54) is 161 Å². The molecule has 0 aliphatic heterocycles. The molecule has 0 saturated carbocycles. The van der Waals surface area contributed by atoms with Crippen LogP contribution in [0.2, 0.25) is 0 Å². The first-order chi connectivity index (χ1) is 42.1. The number of carbonyl (C=O) groups excluding carboxylic acids is 4. The Kier molecular flexibility index (Phi) is 60.2. The molecule has 17 nitrogen and oxygen atoms in total. The highest BCUT2D eigenvalue weighted by molar-refractivity contribution is 7.47. The molecule has 0 aromatic rings. The minimum atomic E-state index is -4.95. The predicted octanol–water partition coefficient (Wildman–Crippen LogP) is 19.4. The number of hydrogen-bond acceptors (Lipinski definition) is 15. The number of phosphoric ester groups is 2. The first kappa shape index (κ1) is 85.1. The molecule has 3 N–H and O–H groups in total. The van der Waals surface area contributed by atoms with Gasteiger partial charge in [-0.2, -0.15) is 0 Å². The summed E-state index contributed by atoms with van der Waals surface area (Å²) in [6, 6.07) is 0. The highest BCUT2D eigenvalue weighted by atomic mass is 31.2. The highest BCUT2D eigenvalue weighted by Crippen LogP contribution is 2.45. The molecule has 0 amide bonds. The molecule has 0 fully saturated rings. The van der Waals surface area contributed by atoms with Crippen molar-refractivity contribution in [1.82, 2.24) is 0 Å². The molecular weight excluding hydrogens is 1150 g/mol. The molecule has 6 atom stereocenters. The Morgan fingerprint density at radius 3 is 0.816 bits per heavy atom. The van der Waals surface area contributed by atoms with Crippen molar-refractivity contribution < 1.29 is 80.2 Å². The second kappa shape index (κ2) is 61.6. The van der Waals surface area contributed by atoms with Crippen LogP contribution in [-0.4, -0.2) is 96.7 Å². The average Bonchev–Trinajstić information content (AvgIpc) is 3.69. The lowest BCUT2D eigenvalue weighted by Crippen LogP contribution is -2.30. The van der Waals surface area contributed by atoms with Gasteiger partial charge in [-0.15, -0.1) is 0 Å². The van der Waals surface area contributed by atoms with Gasteiger partial charge in [-0.3, -0.25) is 37.3 Å². The van der Waals surface area contributed by atoms with Crippen molar-refractivity contribution in [3.63, 3.8) is 0 Å². The number of ether oxygens (including phenoxy) is 4. The number of rotatable bonds is 68. The number of aliphatic hydroxyl groups is 1. The van der Waals surface area contributed by atoms with Gasteiger partial charge in [0.15, 0.2) is 12.2 Å². The maximum Gasteiger partial charge on any atom is 0.472 e. The largest absolute Gasteiger partial charge is 0.472 e. The first-order valence-electron chi connectivity index (χ1n) is 35.7. The smallest absolute Gasteiger partial charge is 0.462 e. The van der Waals surface area contributed by atoms with E-state index in [0.717, 1.165) is 109 Å². The van der Waals surface area contributed by atoms with Gasteiger partial charge in [-0.1, -0.05) is 298 Å². The van der Waals surface area contributed by atoms with Crippen molar-refractivity contribution >= 4 is 39.5 Å². The van der Waals surface area contributed by atoms with Gasteiger partial charge in [-0.05, 0) is 31.6 Å². The van der Waals surface area contributed by atoms with Crippen LogP contribution < -0.4 is 0 Å². The minimum Gasteiger partial charge on any atom is -0.462 e. The zero-order chi connectivity index (χ0) is 64.2. The molecule has 0 aliphatic rings. The topological polar surface area (TPSA) is 237 Å². The monoisotopic (exact) mass is 1280 g/mol. The van der Waals surface area contributed by atoms with E-state index < -0.39 is 97.5 Å². The number of phosphoric acid groups is 2. The van der Waals surface area contributed by atoms with Crippen LogP contribution in [0.1, 0.15) is 349 Å². The highest BCUT2D eigenvalue weighted by Gasteiger charge is 2.30. The van der Waals surface area contributed by atoms with E-state index in [2.05, 4.69) is 34.6 Å². The second-order valence-corrected chi connectivity index (χ2v) is 27.7. The molecular formula is C68H132O17P2. The average molecular weight is 1280 g/mol. The fraction of sp³-hybridized carbons (Fsp3) is 0.941. The molecule has 0 heterocycles. The van der Waals surface area contributed by atoms with Crippen molar-refractivity contribution in [2.75, 3.05) is 39.6 Å². The van der Waals surface area contributed by atoms with Crippen LogP contribution >= 0.6 is 15.6 Å². The van der Waals surface area contributed by atoms with Gasteiger partial charge in [0, 0.05) is 25.7 Å². The SMILES string of the molecule is CCCCCCCCCCCCCCC(=O)OC[C@H](COP(=O)(O)OC[C@@H](O)COP(=O)(O)OC[C@@H](COC(=O)CCCCCCC)OC(=O)CCCCCCCCCC)OC(=O)CCCCCCCCCCCCCCCCCCCCC(C)CC. The van der Waals surface area contributed by atoms with Crippen LogP contribution in [0.25, 0.3) is 0 Å². The number of carbonyl (C=O) groups is 4. The van der Waals surface area contributed by atoms with E-state index in [1.807, 2.05) is 0 Å². The minimum absolute atomic E-state index is 0.104. The Morgan fingerprint density at radius 2 is 0.552 bits per heavy atom. The molecule has 0 radical (unpaired) electrons. The zero-order valence-corrected chi connectivity index (χ0v) is 57.9. The summed E-state index contributed by atoms with van der Waals surface area (Å²) in [6.45, 7) is 7.17. The summed E-state index contributed by atoms with van der Waals surface area (Å²) < 4.78 is 67.8. The van der Waals surface area contributed by atoms with E-state index in [0.29, 0.717) is 25.7 Å². The summed E-state index contributed by atoms with van der Waals surface area (Å²) in [5, 5.41) is 10.5. The Balaban J connectivity index is 5.06. The van der Waals surface area contributed by atoms with Crippen LogP contribution in [-0.2, 0) is 65.4 Å². The number of esters is 4. The standard InChI is InChI=1S/C68H132O17P2/c1-6-10-13-16-18-20-21-31-34-38-42-47-52-66(71)79-58-64(85-68(73)54-49-44-39-35-32-29-27-25-23-22-24-26-28-30-33-36-41-45-50-61(5)9-4)60-83-87(76,77)81-56-62(69)55-80-86(74,75)82-59-63(57-78-65(70)51-46-40-15-12-8-3)84-67(72)53-48-43-37-19-17-14-11-7-2/h61-64,69H,6-60H2,1-5H3,(H,74,75)(H,76,77)/t61?,62-,63+,64+/m0/s1. The summed E-state index contributed by atoms with van der Waals surface area (Å²) in [7, 11) is -9.88. The third-order valence-electron chi connectivity index (χ3n) is 16.1. The Morgan fingerprint density at radius 1 is 0.322 bits per heavy atom. The van der Waals surface area contributed by atoms with Gasteiger partial charge < -0.3 is 33.8 Å². The normalized spacial score (nSPS) is 14.4. The number of aliphatic hydroxyl groups excluding tert-OH is 1. The first-order valence-corrected chi connectivity index (χ1v) is 38.7. The van der Waals surface area contributed by atoms with Crippen LogP contribution in [0.4, 0.5) is 0 Å². The van der Waals surface area contributed by atoms with Gasteiger partial charge >= 0.3 is 39.5 Å². The lowest BCUT2D eigenvalue weighted by Gasteiger charge is -2.21. The number of hydrogen-bond donors (Lipinski definition) is 3. The van der Waals surface area contributed by atoms with Crippen molar-refractivity contribution in [1.29, 1.82) is 0 Å². The summed E-state index contributed by atoms with van der Waals surface area (Å²) >= 11 is 0. The van der Waals surface area contributed by atoms with E-state index in [-0.39, 0.29) is 25.7 Å². The van der Waals surface area contributed by atoms with Crippen molar-refractivity contribution in [2.45, 2.75) is 368 Å². The van der Waals surface area contributed by atoms with Gasteiger partial charge in [0.25, 0.3) is 0 Å². The Labute approximate surface area is 530 Å². The van der Waals surface area contributed by atoms with E-state index in [1.54, 1.807) is 0 Å². The molecule has 0 bridgehead atoms. The maximum absolute atomic E-state index is 13.0. The molecule has 19 heteroatoms. The fourth-order valence-corrected chi connectivity index (χ4v) is 11.8. The van der Waals surface area contributed by atoms with Crippen LogP contribution in [0, 0.1) is 5.92 Å². The summed E-state index contributed by atoms with van der Waals surface area (Å²) in [4.78, 5) is 72.0. The Hall–Kier alpha value is -1.94. The van der Waals surface area contributed by atoms with Crippen molar-refractivity contribution in [2.24, 2.45) is 5.92 Å². The number of unbranched alkanes of at least 4 members (excludes halogenated alkanes) is 39.